The fourth-order valence-corrected chi connectivity index (χ4v) is 2.64. The van der Waals surface area contributed by atoms with Crippen molar-refractivity contribution in [3.63, 3.8) is 0 Å². The lowest BCUT2D eigenvalue weighted by atomic mass is 9.79. The van der Waals surface area contributed by atoms with Gasteiger partial charge in [-0.3, -0.25) is 9.59 Å². The van der Waals surface area contributed by atoms with E-state index < -0.39 is 0 Å². The molecule has 0 atom stereocenters. The topological polar surface area (TPSA) is 58.6 Å². The summed E-state index contributed by atoms with van der Waals surface area (Å²) in [5.74, 6) is -0.162. The second-order valence-corrected chi connectivity index (χ2v) is 5.78. The molecule has 1 heterocycles. The van der Waals surface area contributed by atoms with Crippen molar-refractivity contribution in [1.82, 2.24) is 10.2 Å². The first-order valence-corrected chi connectivity index (χ1v) is 7.24. The lowest BCUT2D eigenvalue weighted by Crippen LogP contribution is -2.50. The van der Waals surface area contributed by atoms with Crippen LogP contribution in [-0.4, -0.2) is 49.1 Å². The van der Waals surface area contributed by atoms with Crippen LogP contribution >= 0.6 is 0 Å². The van der Waals surface area contributed by atoms with Crippen LogP contribution in [-0.2, 0) is 14.3 Å². The first kappa shape index (κ1) is 14.3. The summed E-state index contributed by atoms with van der Waals surface area (Å²) in [6.45, 7) is 6.04. The Labute approximate surface area is 114 Å². The fourth-order valence-electron chi connectivity index (χ4n) is 2.64. The number of rotatable bonds is 5. The Morgan fingerprint density at radius 2 is 1.95 bits per heavy atom. The Morgan fingerprint density at radius 3 is 2.47 bits per heavy atom. The maximum Gasteiger partial charge on any atom is 0.325 e. The zero-order valence-electron chi connectivity index (χ0n) is 11.9. The highest BCUT2D eigenvalue weighted by atomic mass is 16.5. The van der Waals surface area contributed by atoms with E-state index in [4.69, 9.17) is 4.74 Å². The molecule has 5 nitrogen and oxygen atoms in total. The molecule has 108 valence electrons. The Hall–Kier alpha value is -1.10. The number of nitrogens with one attached hydrogen (secondary N) is 1. The smallest absolute Gasteiger partial charge is 0.325 e. The molecule has 0 bridgehead atoms. The van der Waals surface area contributed by atoms with Crippen molar-refractivity contribution < 1.29 is 14.3 Å². The highest BCUT2D eigenvalue weighted by molar-refractivity contribution is 5.86. The summed E-state index contributed by atoms with van der Waals surface area (Å²) in [5.41, 5.74) is -0.319. The highest BCUT2D eigenvalue weighted by Gasteiger charge is 2.43. The zero-order valence-corrected chi connectivity index (χ0v) is 11.9. The molecule has 1 aliphatic heterocycles. The van der Waals surface area contributed by atoms with Crippen LogP contribution in [0.3, 0.4) is 0 Å². The third-order valence-electron chi connectivity index (χ3n) is 4.08. The van der Waals surface area contributed by atoms with Gasteiger partial charge in [0, 0.05) is 11.5 Å². The lowest BCUT2D eigenvalue weighted by molar-refractivity contribution is -0.153. The number of nitrogens with zero attached hydrogens (tertiary/aromatic N) is 1. The Kier molecular flexibility index (Phi) is 4.45. The van der Waals surface area contributed by atoms with E-state index in [1.807, 2.05) is 6.92 Å². The number of amides is 1. The molecule has 0 spiro atoms. The molecule has 0 aromatic rings. The number of ether oxygens (including phenoxy) is 1. The third kappa shape index (κ3) is 3.47. The van der Waals surface area contributed by atoms with Crippen LogP contribution in [0.2, 0.25) is 0 Å². The molecular formula is C14H24N2O3. The Bertz CT molecular complexity index is 347. The van der Waals surface area contributed by atoms with Crippen LogP contribution in [0, 0.1) is 5.41 Å². The molecule has 0 radical (unpaired) electrons. The lowest BCUT2D eigenvalue weighted by Gasteiger charge is -2.37. The first-order valence-electron chi connectivity index (χ1n) is 7.24. The van der Waals surface area contributed by atoms with Crippen molar-refractivity contribution in [2.24, 2.45) is 5.41 Å². The highest BCUT2D eigenvalue weighted by Crippen LogP contribution is 2.35. The molecule has 1 N–H and O–H groups in total. The van der Waals surface area contributed by atoms with Gasteiger partial charge in [-0.2, -0.15) is 0 Å². The van der Waals surface area contributed by atoms with Crippen LogP contribution in [0.5, 0.6) is 0 Å². The van der Waals surface area contributed by atoms with Crippen LogP contribution in [0.25, 0.3) is 0 Å². The minimum absolute atomic E-state index is 0.111. The van der Waals surface area contributed by atoms with E-state index in [0.717, 1.165) is 38.8 Å². The van der Waals surface area contributed by atoms with Gasteiger partial charge in [0.05, 0.1) is 6.61 Å². The largest absolute Gasteiger partial charge is 0.465 e. The van der Waals surface area contributed by atoms with E-state index in [-0.39, 0.29) is 29.9 Å². The maximum absolute atomic E-state index is 12.7. The van der Waals surface area contributed by atoms with Gasteiger partial charge >= 0.3 is 5.97 Å². The normalized spacial score (nSPS) is 21.8. The molecule has 0 aromatic carbocycles. The average molecular weight is 268 g/mol. The summed E-state index contributed by atoms with van der Waals surface area (Å²) in [7, 11) is 0. The predicted molar refractivity (Wildman–Crippen MR) is 71.6 cm³/mol. The number of esters is 1. The number of hydrogen-bond acceptors (Lipinski definition) is 4. The standard InChI is InChI=1S/C14H24N2O3/c1-3-19-12(17)10-16(11-4-5-11)13(18)14(2)6-8-15-9-7-14/h11,15H,3-10H2,1-2H3. The van der Waals surface area contributed by atoms with Crippen LogP contribution in [0.4, 0.5) is 0 Å². The Morgan fingerprint density at radius 1 is 1.32 bits per heavy atom. The van der Waals surface area contributed by atoms with Gasteiger partial charge in [0.2, 0.25) is 5.91 Å². The molecular weight excluding hydrogens is 244 g/mol. The van der Waals surface area contributed by atoms with Gasteiger partial charge in [-0.15, -0.1) is 0 Å². The SMILES string of the molecule is CCOC(=O)CN(C(=O)C1(C)CCNCC1)C1CC1. The van der Waals surface area contributed by atoms with E-state index in [1.54, 1.807) is 11.8 Å². The summed E-state index contributed by atoms with van der Waals surface area (Å²) < 4.78 is 4.98. The predicted octanol–water partition coefficient (Wildman–Crippen LogP) is 0.930. The van der Waals surface area contributed by atoms with Crippen molar-refractivity contribution in [2.45, 2.75) is 45.6 Å². The van der Waals surface area contributed by atoms with Gasteiger partial charge in [-0.05, 0) is 45.7 Å². The van der Waals surface area contributed by atoms with E-state index in [9.17, 15) is 9.59 Å². The number of piperidine rings is 1. The zero-order chi connectivity index (χ0) is 13.9. The summed E-state index contributed by atoms with van der Waals surface area (Å²) >= 11 is 0. The summed E-state index contributed by atoms with van der Waals surface area (Å²) in [5, 5.41) is 3.28. The van der Waals surface area contributed by atoms with Gasteiger partial charge in [-0.1, -0.05) is 6.92 Å². The van der Waals surface area contributed by atoms with E-state index >= 15 is 0 Å². The van der Waals surface area contributed by atoms with Crippen LogP contribution in [0.1, 0.15) is 39.5 Å². The van der Waals surface area contributed by atoms with Crippen LogP contribution in [0.15, 0.2) is 0 Å². The maximum atomic E-state index is 12.7. The van der Waals surface area contributed by atoms with Crippen LogP contribution < -0.4 is 5.32 Å². The molecule has 2 fully saturated rings. The first-order chi connectivity index (χ1) is 9.07. The van der Waals surface area contributed by atoms with Crippen molar-refractivity contribution in [1.29, 1.82) is 0 Å². The van der Waals surface area contributed by atoms with Gasteiger partial charge in [-0.25, -0.2) is 0 Å². The molecule has 19 heavy (non-hydrogen) atoms. The summed E-state index contributed by atoms with van der Waals surface area (Å²) in [4.78, 5) is 26.1. The second-order valence-electron chi connectivity index (χ2n) is 5.78. The minimum Gasteiger partial charge on any atom is -0.465 e. The van der Waals surface area contributed by atoms with Gasteiger partial charge < -0.3 is 15.0 Å². The monoisotopic (exact) mass is 268 g/mol. The average Bonchev–Trinajstić information content (AvgIpc) is 3.21. The van der Waals surface area contributed by atoms with E-state index in [0.29, 0.717) is 6.61 Å². The molecule has 5 heteroatoms. The van der Waals surface area contributed by atoms with Gasteiger partial charge in [0.15, 0.2) is 0 Å². The molecule has 2 rings (SSSR count). The molecule has 1 saturated carbocycles. The van der Waals surface area contributed by atoms with Gasteiger partial charge in [0.25, 0.3) is 0 Å². The summed E-state index contributed by atoms with van der Waals surface area (Å²) in [6.07, 6.45) is 3.72. The summed E-state index contributed by atoms with van der Waals surface area (Å²) in [6, 6.07) is 0.253. The molecule has 1 saturated heterocycles. The van der Waals surface area contributed by atoms with Gasteiger partial charge in [0.1, 0.15) is 6.54 Å². The van der Waals surface area contributed by atoms with Crippen molar-refractivity contribution in [3.05, 3.63) is 0 Å². The number of carbonyl (C=O) groups is 2. The molecule has 0 aromatic heterocycles. The Balaban J connectivity index is 2.01. The van der Waals surface area contributed by atoms with Crippen molar-refractivity contribution in [3.8, 4) is 0 Å². The number of hydrogen-bond donors (Lipinski definition) is 1. The minimum atomic E-state index is -0.319. The molecule has 1 amide bonds. The third-order valence-corrected chi connectivity index (χ3v) is 4.08. The quantitative estimate of drug-likeness (QED) is 0.754. The molecule has 0 unspecified atom stereocenters. The van der Waals surface area contributed by atoms with E-state index in [1.165, 1.54) is 0 Å². The van der Waals surface area contributed by atoms with E-state index in [2.05, 4.69) is 5.32 Å². The second kappa shape index (κ2) is 5.90. The number of carbonyl (C=O) groups excluding carboxylic acids is 2. The fraction of sp³-hybridized carbons (Fsp3) is 0.857. The van der Waals surface area contributed by atoms with Crippen molar-refractivity contribution >= 4 is 11.9 Å². The van der Waals surface area contributed by atoms with Crippen molar-refractivity contribution in [2.75, 3.05) is 26.2 Å². The molecule has 2 aliphatic rings. The molecule has 1 aliphatic carbocycles.